The average molecular weight is 669 g/mol. The fraction of sp³-hybridized carbons (Fsp3) is 0.138. The van der Waals surface area contributed by atoms with Crippen LogP contribution in [-0.2, 0) is 23.0 Å². The summed E-state index contributed by atoms with van der Waals surface area (Å²) >= 11 is 9.57. The van der Waals surface area contributed by atoms with Gasteiger partial charge in [0.2, 0.25) is 0 Å². The van der Waals surface area contributed by atoms with Gasteiger partial charge in [0.1, 0.15) is 11.4 Å². The van der Waals surface area contributed by atoms with E-state index in [1.165, 1.54) is 27.4 Å². The summed E-state index contributed by atoms with van der Waals surface area (Å²) in [6.45, 7) is 0.390. The number of halogens is 2. The van der Waals surface area contributed by atoms with Gasteiger partial charge in [-0.05, 0) is 76.9 Å². The molecular weight excluding hydrogens is 646 g/mol. The second kappa shape index (κ2) is 10.9. The van der Waals surface area contributed by atoms with Crippen LogP contribution < -0.4 is 15.0 Å². The lowest BCUT2D eigenvalue weighted by Crippen LogP contribution is -2.41. The number of aromatic nitrogens is 3. The van der Waals surface area contributed by atoms with Crippen LogP contribution in [0, 0.1) is 0 Å². The summed E-state index contributed by atoms with van der Waals surface area (Å²) in [6.07, 6.45) is 1.64. The van der Waals surface area contributed by atoms with E-state index in [9.17, 15) is 18.0 Å². The van der Waals surface area contributed by atoms with Gasteiger partial charge >= 0.3 is 0 Å². The van der Waals surface area contributed by atoms with Gasteiger partial charge in [-0.2, -0.15) is 5.10 Å². The van der Waals surface area contributed by atoms with Crippen molar-refractivity contribution in [3.05, 3.63) is 116 Å². The van der Waals surface area contributed by atoms with Crippen molar-refractivity contribution in [2.24, 2.45) is 0 Å². The number of amides is 1. The fourth-order valence-corrected chi connectivity index (χ4v) is 6.48. The molecule has 0 fully saturated rings. The van der Waals surface area contributed by atoms with Gasteiger partial charge < -0.3 is 9.64 Å². The zero-order valence-electron chi connectivity index (χ0n) is 22.1. The number of nitrogens with one attached hydrogen (secondary N) is 1. The summed E-state index contributed by atoms with van der Waals surface area (Å²) in [5.74, 6) is 0.348. The van der Waals surface area contributed by atoms with Crippen LogP contribution >= 0.6 is 27.5 Å². The third kappa shape index (κ3) is 4.95. The first-order valence-corrected chi connectivity index (χ1v) is 15.4. The van der Waals surface area contributed by atoms with E-state index in [0.29, 0.717) is 44.3 Å². The van der Waals surface area contributed by atoms with Gasteiger partial charge in [-0.3, -0.25) is 18.9 Å². The number of hydrogen-bond donors (Lipinski definition) is 1. The number of carbonyl (C=O) groups is 1. The molecule has 1 aliphatic rings. The van der Waals surface area contributed by atoms with Crippen LogP contribution in [0.5, 0.6) is 5.75 Å². The Hall–Kier alpha value is -4.13. The van der Waals surface area contributed by atoms with Gasteiger partial charge in [0.25, 0.3) is 21.5 Å². The fourth-order valence-electron chi connectivity index (χ4n) is 4.99. The third-order valence-electron chi connectivity index (χ3n) is 7.08. The lowest BCUT2D eigenvalue weighted by molar-refractivity contribution is 0.0729. The summed E-state index contributed by atoms with van der Waals surface area (Å²) in [7, 11) is -2.46. The summed E-state index contributed by atoms with van der Waals surface area (Å²) in [5, 5.41) is 4.91. The SMILES string of the molecule is COc1ccc(-n2c(=O)c3c(n4ncc(NS(=O)(=O)c5ccccc5)c24)CN(C(=O)c2ccc(Br)c(Cl)c2)CC3)cc1. The molecule has 0 radical (unpaired) electrons. The normalized spacial score (nSPS) is 13.2. The van der Waals surface area contributed by atoms with Gasteiger partial charge in [-0.15, -0.1) is 0 Å². The van der Waals surface area contributed by atoms with Crippen molar-refractivity contribution in [1.29, 1.82) is 0 Å². The topological polar surface area (TPSA) is 115 Å². The minimum Gasteiger partial charge on any atom is -0.497 e. The number of methoxy groups -OCH3 is 1. The second-order valence-electron chi connectivity index (χ2n) is 9.58. The molecule has 0 spiro atoms. The molecule has 0 saturated carbocycles. The molecule has 0 bridgehead atoms. The molecule has 10 nitrogen and oxygen atoms in total. The van der Waals surface area contributed by atoms with Crippen molar-refractivity contribution < 1.29 is 17.9 Å². The number of nitrogens with zero attached hydrogens (tertiary/aromatic N) is 4. The zero-order valence-corrected chi connectivity index (χ0v) is 25.3. The molecule has 0 saturated heterocycles. The molecule has 42 heavy (non-hydrogen) atoms. The van der Waals surface area contributed by atoms with E-state index in [0.717, 1.165) is 0 Å². The molecule has 0 unspecified atom stereocenters. The average Bonchev–Trinajstić information content (AvgIpc) is 3.41. The Labute approximate surface area is 254 Å². The Morgan fingerprint density at radius 2 is 1.81 bits per heavy atom. The maximum atomic E-state index is 14.1. The number of rotatable bonds is 6. The van der Waals surface area contributed by atoms with E-state index in [1.807, 2.05) is 0 Å². The molecule has 1 N–H and O–H groups in total. The number of fused-ring (bicyclic) bond motifs is 3. The van der Waals surface area contributed by atoms with E-state index >= 15 is 0 Å². The van der Waals surface area contributed by atoms with Crippen LogP contribution in [0.15, 0.2) is 93.2 Å². The quantitative estimate of drug-likeness (QED) is 0.275. The van der Waals surface area contributed by atoms with Crippen LogP contribution in [0.4, 0.5) is 5.69 Å². The van der Waals surface area contributed by atoms with Crippen LogP contribution in [-0.4, -0.2) is 47.1 Å². The molecule has 2 aromatic heterocycles. The highest BCUT2D eigenvalue weighted by Crippen LogP contribution is 2.29. The van der Waals surface area contributed by atoms with Crippen molar-refractivity contribution in [2.75, 3.05) is 18.4 Å². The highest BCUT2D eigenvalue weighted by Gasteiger charge is 2.30. The van der Waals surface area contributed by atoms with Gasteiger partial charge in [-0.1, -0.05) is 29.8 Å². The molecule has 1 aliphatic heterocycles. The minimum absolute atomic E-state index is 0.0607. The first-order valence-electron chi connectivity index (χ1n) is 12.8. The molecule has 0 atom stereocenters. The zero-order chi connectivity index (χ0) is 29.6. The predicted molar refractivity (Wildman–Crippen MR) is 162 cm³/mol. The number of carbonyl (C=O) groups excluding carboxylic acids is 1. The first-order chi connectivity index (χ1) is 20.2. The molecule has 0 aliphatic carbocycles. The van der Waals surface area contributed by atoms with Gasteiger partial charge in [0.05, 0.1) is 41.2 Å². The molecule has 214 valence electrons. The monoisotopic (exact) mass is 667 g/mol. The number of ether oxygens (including phenoxy) is 1. The van der Waals surface area contributed by atoms with E-state index < -0.39 is 10.0 Å². The number of benzene rings is 3. The van der Waals surface area contributed by atoms with Crippen LogP contribution in [0.25, 0.3) is 11.3 Å². The van der Waals surface area contributed by atoms with Gasteiger partial charge in [0, 0.05) is 22.1 Å². The highest BCUT2D eigenvalue weighted by atomic mass is 79.9. The molecule has 3 heterocycles. The molecule has 1 amide bonds. The van der Waals surface area contributed by atoms with Crippen molar-refractivity contribution in [3.8, 4) is 11.4 Å². The lowest BCUT2D eigenvalue weighted by atomic mass is 10.0. The Morgan fingerprint density at radius 3 is 2.50 bits per heavy atom. The predicted octanol–water partition coefficient (Wildman–Crippen LogP) is 4.91. The Kier molecular flexibility index (Phi) is 7.29. The van der Waals surface area contributed by atoms with Crippen LogP contribution in [0.3, 0.4) is 0 Å². The Bertz CT molecular complexity index is 2010. The number of sulfonamides is 1. The maximum absolute atomic E-state index is 14.1. The van der Waals surface area contributed by atoms with E-state index in [2.05, 4.69) is 25.8 Å². The number of hydrogen-bond acceptors (Lipinski definition) is 6. The lowest BCUT2D eigenvalue weighted by Gasteiger charge is -2.29. The first kappa shape index (κ1) is 28.0. The Balaban J connectivity index is 1.50. The maximum Gasteiger partial charge on any atom is 0.262 e. The van der Waals surface area contributed by atoms with E-state index in [1.54, 1.807) is 72.7 Å². The molecule has 13 heteroatoms. The van der Waals surface area contributed by atoms with Crippen LogP contribution in [0.1, 0.15) is 21.6 Å². The van der Waals surface area contributed by atoms with Crippen LogP contribution in [0.2, 0.25) is 5.02 Å². The second-order valence-corrected chi connectivity index (χ2v) is 12.5. The van der Waals surface area contributed by atoms with Crippen molar-refractivity contribution >= 4 is 54.8 Å². The standard InChI is InChI=1S/C29H23BrClN5O5S/c1-41-20-10-8-19(9-11-20)35-27-25(33-42(39,40)21-5-3-2-4-6-21)16-32-36(27)26-17-34(14-13-22(26)29(35)38)28(37)18-7-12-23(30)24(31)15-18/h2-12,15-16,33H,13-14,17H2,1H3. The van der Waals surface area contributed by atoms with E-state index in [-0.39, 0.29) is 40.7 Å². The molecule has 6 rings (SSSR count). The summed E-state index contributed by atoms with van der Waals surface area (Å²) < 4.78 is 38.1. The largest absolute Gasteiger partial charge is 0.497 e. The molecule has 3 aromatic carbocycles. The smallest absolute Gasteiger partial charge is 0.262 e. The minimum atomic E-state index is -4.01. The Morgan fingerprint density at radius 1 is 1.07 bits per heavy atom. The van der Waals surface area contributed by atoms with Crippen molar-refractivity contribution in [3.63, 3.8) is 0 Å². The summed E-state index contributed by atoms with van der Waals surface area (Å²) in [5.41, 5.74) is 1.87. The third-order valence-corrected chi connectivity index (χ3v) is 9.69. The molecular formula is C29H23BrClN5O5S. The summed E-state index contributed by atoms with van der Waals surface area (Å²) in [6, 6.07) is 19.7. The summed E-state index contributed by atoms with van der Waals surface area (Å²) in [4.78, 5) is 29.2. The van der Waals surface area contributed by atoms with Crippen molar-refractivity contribution in [2.45, 2.75) is 17.9 Å². The molecule has 5 aromatic rings. The van der Waals surface area contributed by atoms with E-state index in [4.69, 9.17) is 16.3 Å². The van der Waals surface area contributed by atoms with Crippen molar-refractivity contribution in [1.82, 2.24) is 19.1 Å². The van der Waals surface area contributed by atoms with Gasteiger partial charge in [0.15, 0.2) is 5.65 Å². The highest BCUT2D eigenvalue weighted by molar-refractivity contribution is 9.10. The van der Waals surface area contributed by atoms with Gasteiger partial charge in [-0.25, -0.2) is 12.9 Å². The number of anilines is 1.